The Labute approximate surface area is 126 Å². The fourth-order valence-electron chi connectivity index (χ4n) is 2.96. The maximum atomic E-state index is 11.5. The first-order valence-corrected chi connectivity index (χ1v) is 7.40. The molecule has 5 nitrogen and oxygen atoms in total. The topological polar surface area (TPSA) is 65.0 Å². The summed E-state index contributed by atoms with van der Waals surface area (Å²) in [5.74, 6) is -1.15. The van der Waals surface area contributed by atoms with Crippen LogP contribution in [0.5, 0.6) is 0 Å². The van der Waals surface area contributed by atoms with Crippen molar-refractivity contribution in [1.82, 2.24) is 0 Å². The number of hydrogen-bond acceptors (Lipinski definition) is 4. The van der Waals surface area contributed by atoms with E-state index in [1.54, 1.807) is 0 Å². The van der Waals surface area contributed by atoms with Gasteiger partial charge in [-0.25, -0.2) is 4.79 Å². The maximum absolute atomic E-state index is 11.5. The fourth-order valence-corrected chi connectivity index (χ4v) is 2.96. The van der Waals surface area contributed by atoms with Crippen LogP contribution in [-0.4, -0.2) is 42.1 Å². The molecule has 0 amide bonds. The molecule has 0 aromatic rings. The molecule has 1 fully saturated rings. The van der Waals surface area contributed by atoms with E-state index in [1.807, 2.05) is 40.7 Å². The molecule has 21 heavy (non-hydrogen) atoms. The van der Waals surface area contributed by atoms with Crippen molar-refractivity contribution >= 4 is 13.1 Å². The lowest BCUT2D eigenvalue weighted by molar-refractivity contribution is -0.168. The predicted molar refractivity (Wildman–Crippen MR) is 79.9 cm³/mol. The van der Waals surface area contributed by atoms with E-state index in [4.69, 9.17) is 14.0 Å². The molecule has 2 atom stereocenters. The summed E-state index contributed by atoms with van der Waals surface area (Å²) in [5.41, 5.74) is -0.906. The third kappa shape index (κ3) is 2.54. The first-order chi connectivity index (χ1) is 9.56. The Morgan fingerprint density at radius 3 is 2.24 bits per heavy atom. The summed E-state index contributed by atoms with van der Waals surface area (Å²) in [6.07, 6.45) is 2.96. The maximum Gasteiger partial charge on any atom is 0.490 e. The third-order valence-electron chi connectivity index (χ3n) is 5.27. The van der Waals surface area contributed by atoms with Crippen LogP contribution in [0.1, 0.15) is 47.5 Å². The van der Waals surface area contributed by atoms with Crippen molar-refractivity contribution < 1.29 is 23.9 Å². The van der Waals surface area contributed by atoms with Gasteiger partial charge in [0.15, 0.2) is 5.60 Å². The molecule has 2 unspecified atom stereocenters. The zero-order valence-electron chi connectivity index (χ0n) is 13.7. The van der Waals surface area contributed by atoms with E-state index in [0.717, 1.165) is 5.47 Å². The monoisotopic (exact) mass is 296 g/mol. The summed E-state index contributed by atoms with van der Waals surface area (Å²) in [6, 6.07) is 0. The Hall–Kier alpha value is -0.845. The van der Waals surface area contributed by atoms with Gasteiger partial charge in [0.05, 0.1) is 11.2 Å². The second-order valence-electron chi connectivity index (χ2n) is 7.02. The normalized spacial score (nSPS) is 34.7. The minimum absolute atomic E-state index is 0.234. The van der Waals surface area contributed by atoms with Gasteiger partial charge in [0.1, 0.15) is 0 Å². The standard InChI is InChI=1S/C15H25BO5/c1-10-9-11(7-8-15(10,19-6)12(17)18)16-20-13(2,3)14(4,5)21-16/h9-10H,7-8H2,1-6H3,(H,17,18). The molecule has 0 bridgehead atoms. The van der Waals surface area contributed by atoms with E-state index in [9.17, 15) is 9.90 Å². The Bertz CT molecular complexity index is 455. The van der Waals surface area contributed by atoms with E-state index in [2.05, 4.69) is 0 Å². The molecule has 118 valence electrons. The number of carbonyl (C=O) groups is 1. The number of aliphatic carboxylic acids is 1. The Kier molecular flexibility index (Phi) is 4.02. The summed E-state index contributed by atoms with van der Waals surface area (Å²) >= 11 is 0. The van der Waals surface area contributed by atoms with Crippen LogP contribution in [-0.2, 0) is 18.8 Å². The summed E-state index contributed by atoms with van der Waals surface area (Å²) < 4.78 is 17.4. The van der Waals surface area contributed by atoms with Gasteiger partial charge in [-0.2, -0.15) is 0 Å². The molecule has 0 saturated carbocycles. The molecule has 1 heterocycles. The molecule has 0 aromatic carbocycles. The van der Waals surface area contributed by atoms with Crippen molar-refractivity contribution in [2.75, 3.05) is 7.11 Å². The lowest BCUT2D eigenvalue weighted by atomic mass is 9.66. The molecule has 1 aliphatic carbocycles. The van der Waals surface area contributed by atoms with Crippen molar-refractivity contribution in [2.24, 2.45) is 5.92 Å². The van der Waals surface area contributed by atoms with Crippen molar-refractivity contribution in [3.05, 3.63) is 11.5 Å². The number of methoxy groups -OCH3 is 1. The largest absolute Gasteiger partial charge is 0.490 e. The van der Waals surface area contributed by atoms with Crippen LogP contribution in [0.15, 0.2) is 11.5 Å². The van der Waals surface area contributed by atoms with E-state index in [1.165, 1.54) is 7.11 Å². The minimum Gasteiger partial charge on any atom is -0.479 e. The molecule has 0 spiro atoms. The average molecular weight is 296 g/mol. The first kappa shape index (κ1) is 16.5. The SMILES string of the molecule is COC1(C(=O)O)CCC(B2OC(C)(C)C(C)(C)O2)=CC1C. The summed E-state index contributed by atoms with van der Waals surface area (Å²) in [4.78, 5) is 11.5. The van der Waals surface area contributed by atoms with Crippen LogP contribution in [0.2, 0.25) is 0 Å². The van der Waals surface area contributed by atoms with E-state index in [0.29, 0.717) is 12.8 Å². The van der Waals surface area contributed by atoms with Crippen LogP contribution in [0.4, 0.5) is 0 Å². The molecule has 0 radical (unpaired) electrons. The van der Waals surface area contributed by atoms with Crippen molar-refractivity contribution in [3.8, 4) is 0 Å². The molecule has 6 heteroatoms. The Morgan fingerprint density at radius 2 is 1.86 bits per heavy atom. The Morgan fingerprint density at radius 1 is 1.33 bits per heavy atom. The highest BCUT2D eigenvalue weighted by atomic mass is 16.7. The van der Waals surface area contributed by atoms with Gasteiger partial charge >= 0.3 is 13.1 Å². The predicted octanol–water partition coefficient (Wildman–Crippen LogP) is 2.44. The molecule has 1 aliphatic heterocycles. The zero-order valence-corrected chi connectivity index (χ0v) is 13.7. The molecule has 1 N–H and O–H groups in total. The highest BCUT2D eigenvalue weighted by Crippen LogP contribution is 2.43. The second kappa shape index (κ2) is 5.11. The van der Waals surface area contributed by atoms with Gasteiger partial charge in [0, 0.05) is 13.0 Å². The van der Waals surface area contributed by atoms with Crippen molar-refractivity contribution in [2.45, 2.75) is 64.3 Å². The quantitative estimate of drug-likeness (QED) is 0.810. The van der Waals surface area contributed by atoms with Gasteiger partial charge in [-0.3, -0.25) is 0 Å². The zero-order chi connectivity index (χ0) is 16.1. The summed E-state index contributed by atoms with van der Waals surface area (Å²) in [7, 11) is 1.05. The molecule has 0 aromatic heterocycles. The van der Waals surface area contributed by atoms with Crippen molar-refractivity contribution in [3.63, 3.8) is 0 Å². The van der Waals surface area contributed by atoms with Gasteiger partial charge in [-0.15, -0.1) is 0 Å². The molecule has 2 rings (SSSR count). The molecule has 2 aliphatic rings. The highest BCUT2D eigenvalue weighted by Gasteiger charge is 2.54. The van der Waals surface area contributed by atoms with Gasteiger partial charge < -0.3 is 19.2 Å². The van der Waals surface area contributed by atoms with Crippen LogP contribution in [0.25, 0.3) is 0 Å². The van der Waals surface area contributed by atoms with Crippen LogP contribution < -0.4 is 0 Å². The average Bonchev–Trinajstić information content (AvgIpc) is 2.58. The van der Waals surface area contributed by atoms with E-state index in [-0.39, 0.29) is 17.1 Å². The molecular weight excluding hydrogens is 271 g/mol. The molecular formula is C15H25BO5. The van der Waals surface area contributed by atoms with Gasteiger partial charge in [0.25, 0.3) is 0 Å². The minimum atomic E-state index is -1.15. The van der Waals surface area contributed by atoms with Crippen LogP contribution in [0, 0.1) is 5.92 Å². The van der Waals surface area contributed by atoms with E-state index < -0.39 is 18.7 Å². The smallest absolute Gasteiger partial charge is 0.479 e. The van der Waals surface area contributed by atoms with Gasteiger partial charge in [0.2, 0.25) is 0 Å². The number of carboxylic acids is 1. The summed E-state index contributed by atoms with van der Waals surface area (Å²) in [6.45, 7) is 9.90. The number of carboxylic acid groups (broad SMARTS) is 1. The first-order valence-electron chi connectivity index (χ1n) is 7.40. The molecule has 1 saturated heterocycles. The van der Waals surface area contributed by atoms with Crippen LogP contribution >= 0.6 is 0 Å². The fraction of sp³-hybridized carbons (Fsp3) is 0.800. The van der Waals surface area contributed by atoms with Crippen molar-refractivity contribution in [1.29, 1.82) is 0 Å². The lowest BCUT2D eigenvalue weighted by Gasteiger charge is -2.36. The van der Waals surface area contributed by atoms with Gasteiger partial charge in [-0.1, -0.05) is 13.0 Å². The highest BCUT2D eigenvalue weighted by molar-refractivity contribution is 6.54. The number of hydrogen-bond donors (Lipinski definition) is 1. The third-order valence-corrected chi connectivity index (χ3v) is 5.27. The number of rotatable bonds is 3. The summed E-state index contributed by atoms with van der Waals surface area (Å²) in [5, 5.41) is 9.46. The second-order valence-corrected chi connectivity index (χ2v) is 7.02. The van der Waals surface area contributed by atoms with E-state index >= 15 is 0 Å². The number of allylic oxidation sites excluding steroid dienone is 1. The number of ether oxygens (including phenoxy) is 1. The van der Waals surface area contributed by atoms with Gasteiger partial charge in [-0.05, 0) is 46.0 Å². The lowest BCUT2D eigenvalue weighted by Crippen LogP contribution is -2.48. The Balaban J connectivity index is 2.22. The van der Waals surface area contributed by atoms with Crippen LogP contribution in [0.3, 0.4) is 0 Å².